The molecule has 0 aliphatic carbocycles. The van der Waals surface area contributed by atoms with Gasteiger partial charge in [0, 0.05) is 12.1 Å². The van der Waals surface area contributed by atoms with Gasteiger partial charge in [-0.05, 0) is 12.1 Å². The third-order valence-electron chi connectivity index (χ3n) is 1.91. The second kappa shape index (κ2) is 6.08. The number of nitrogens with zero attached hydrogens (tertiary/aromatic N) is 1. The second-order valence-corrected chi connectivity index (χ2v) is 3.07. The third kappa shape index (κ3) is 3.80. The first kappa shape index (κ1) is 12.5. The summed E-state index contributed by atoms with van der Waals surface area (Å²) in [7, 11) is 0. The Labute approximate surface area is 98.3 Å². The van der Waals surface area contributed by atoms with Crippen molar-refractivity contribution in [2.75, 3.05) is 6.54 Å². The van der Waals surface area contributed by atoms with Crippen molar-refractivity contribution in [1.29, 1.82) is 0 Å². The summed E-state index contributed by atoms with van der Waals surface area (Å²) in [6.45, 7) is 0.125. The molecule has 0 saturated heterocycles. The first-order chi connectivity index (χ1) is 8.15. The Hall–Kier alpha value is -2.61. The molecule has 1 aromatic carbocycles. The zero-order valence-corrected chi connectivity index (χ0v) is 8.92. The Morgan fingerprint density at radius 3 is 2.88 bits per heavy atom. The van der Waals surface area contributed by atoms with Crippen LogP contribution in [0.15, 0.2) is 30.3 Å². The standard InChI is InChI=1S/C12H10N2O3/c1-2-9-13-12(15)8-7-10-5-3-4-6-11(10)14(16)17/h1,3-8H,9H2,(H,13,15). The number of benzene rings is 1. The first-order valence-electron chi connectivity index (χ1n) is 4.78. The van der Waals surface area contributed by atoms with E-state index in [1.54, 1.807) is 18.2 Å². The van der Waals surface area contributed by atoms with E-state index in [-0.39, 0.29) is 18.1 Å². The molecular formula is C12H10N2O3. The highest BCUT2D eigenvalue weighted by Gasteiger charge is 2.09. The van der Waals surface area contributed by atoms with Gasteiger partial charge < -0.3 is 5.32 Å². The molecule has 86 valence electrons. The van der Waals surface area contributed by atoms with Gasteiger partial charge in [0.05, 0.1) is 17.0 Å². The maximum Gasteiger partial charge on any atom is 0.276 e. The first-order valence-corrected chi connectivity index (χ1v) is 4.78. The summed E-state index contributed by atoms with van der Waals surface area (Å²) < 4.78 is 0. The van der Waals surface area contributed by atoms with E-state index >= 15 is 0 Å². The molecule has 5 nitrogen and oxygen atoms in total. The molecule has 0 heterocycles. The molecular weight excluding hydrogens is 220 g/mol. The molecule has 0 radical (unpaired) electrons. The lowest BCUT2D eigenvalue weighted by Crippen LogP contribution is -2.20. The average Bonchev–Trinajstić information content (AvgIpc) is 2.34. The average molecular weight is 230 g/mol. The van der Waals surface area contributed by atoms with E-state index in [1.807, 2.05) is 0 Å². The van der Waals surface area contributed by atoms with Crippen LogP contribution in [-0.2, 0) is 4.79 Å². The van der Waals surface area contributed by atoms with Gasteiger partial charge in [-0.15, -0.1) is 6.42 Å². The number of carbonyl (C=O) groups is 1. The van der Waals surface area contributed by atoms with Crippen molar-refractivity contribution in [2.24, 2.45) is 0 Å². The van der Waals surface area contributed by atoms with E-state index in [1.165, 1.54) is 18.2 Å². The van der Waals surface area contributed by atoms with Gasteiger partial charge in [0.2, 0.25) is 5.91 Å². The smallest absolute Gasteiger partial charge is 0.276 e. The number of nitrogens with one attached hydrogen (secondary N) is 1. The van der Waals surface area contributed by atoms with Crippen molar-refractivity contribution in [1.82, 2.24) is 5.32 Å². The summed E-state index contributed by atoms with van der Waals surface area (Å²) in [6.07, 6.45) is 7.56. The number of carbonyl (C=O) groups excluding carboxylic acids is 1. The lowest BCUT2D eigenvalue weighted by molar-refractivity contribution is -0.385. The molecule has 0 spiro atoms. The molecule has 1 aromatic rings. The highest BCUT2D eigenvalue weighted by molar-refractivity contribution is 5.92. The fourth-order valence-electron chi connectivity index (χ4n) is 1.16. The topological polar surface area (TPSA) is 72.2 Å². The zero-order chi connectivity index (χ0) is 12.7. The highest BCUT2D eigenvalue weighted by atomic mass is 16.6. The van der Waals surface area contributed by atoms with Crippen LogP contribution < -0.4 is 5.32 Å². The number of rotatable bonds is 4. The number of hydrogen-bond donors (Lipinski definition) is 1. The maximum atomic E-state index is 11.2. The largest absolute Gasteiger partial charge is 0.342 e. The lowest BCUT2D eigenvalue weighted by atomic mass is 10.1. The van der Waals surface area contributed by atoms with Crippen molar-refractivity contribution >= 4 is 17.7 Å². The van der Waals surface area contributed by atoms with Gasteiger partial charge in [-0.2, -0.15) is 0 Å². The molecule has 0 fully saturated rings. The van der Waals surface area contributed by atoms with Crippen LogP contribution in [0.4, 0.5) is 5.69 Å². The van der Waals surface area contributed by atoms with E-state index < -0.39 is 4.92 Å². The van der Waals surface area contributed by atoms with Gasteiger partial charge in [0.25, 0.3) is 5.69 Å². The summed E-state index contributed by atoms with van der Waals surface area (Å²) in [6, 6.07) is 6.15. The van der Waals surface area contributed by atoms with E-state index in [9.17, 15) is 14.9 Å². The Kier molecular flexibility index (Phi) is 4.45. The van der Waals surface area contributed by atoms with Crippen molar-refractivity contribution in [3.8, 4) is 12.3 Å². The number of nitro benzene ring substituents is 1. The van der Waals surface area contributed by atoms with Crippen molar-refractivity contribution in [2.45, 2.75) is 0 Å². The molecule has 0 saturated carbocycles. The van der Waals surface area contributed by atoms with E-state index in [4.69, 9.17) is 6.42 Å². The number of amides is 1. The van der Waals surface area contributed by atoms with Crippen LogP contribution in [0.5, 0.6) is 0 Å². The maximum absolute atomic E-state index is 11.2. The molecule has 17 heavy (non-hydrogen) atoms. The summed E-state index contributed by atoms with van der Waals surface area (Å²) in [4.78, 5) is 21.4. The van der Waals surface area contributed by atoms with Gasteiger partial charge in [-0.25, -0.2) is 0 Å². The Bertz CT molecular complexity index is 501. The van der Waals surface area contributed by atoms with Crippen LogP contribution in [0.2, 0.25) is 0 Å². The van der Waals surface area contributed by atoms with Crippen molar-refractivity contribution in [3.63, 3.8) is 0 Å². The second-order valence-electron chi connectivity index (χ2n) is 3.07. The number of nitro groups is 1. The predicted molar refractivity (Wildman–Crippen MR) is 64.0 cm³/mol. The van der Waals surface area contributed by atoms with Crippen LogP contribution in [0.1, 0.15) is 5.56 Å². The Morgan fingerprint density at radius 1 is 1.53 bits per heavy atom. The molecule has 0 unspecified atom stereocenters. The quantitative estimate of drug-likeness (QED) is 0.367. The normalized spacial score (nSPS) is 9.82. The Morgan fingerprint density at radius 2 is 2.24 bits per heavy atom. The van der Waals surface area contributed by atoms with Crippen LogP contribution in [0.3, 0.4) is 0 Å². The number of terminal acetylenes is 1. The summed E-state index contributed by atoms with van der Waals surface area (Å²) >= 11 is 0. The third-order valence-corrected chi connectivity index (χ3v) is 1.91. The summed E-state index contributed by atoms with van der Waals surface area (Å²) in [5.74, 6) is 1.86. The number of para-hydroxylation sites is 1. The minimum absolute atomic E-state index is 0.0477. The van der Waals surface area contributed by atoms with Gasteiger partial charge in [-0.3, -0.25) is 14.9 Å². The molecule has 0 aromatic heterocycles. The van der Waals surface area contributed by atoms with Gasteiger partial charge >= 0.3 is 0 Å². The monoisotopic (exact) mass is 230 g/mol. The van der Waals surface area contributed by atoms with Crippen LogP contribution in [0, 0.1) is 22.5 Å². The molecule has 0 aliphatic rings. The molecule has 1 N–H and O–H groups in total. The van der Waals surface area contributed by atoms with E-state index in [0.717, 1.165) is 0 Å². The fraction of sp³-hybridized carbons (Fsp3) is 0.0833. The van der Waals surface area contributed by atoms with E-state index in [2.05, 4.69) is 11.2 Å². The van der Waals surface area contributed by atoms with Crippen molar-refractivity contribution in [3.05, 3.63) is 46.0 Å². The Balaban J connectivity index is 2.81. The lowest BCUT2D eigenvalue weighted by Gasteiger charge is -1.97. The van der Waals surface area contributed by atoms with Crippen molar-refractivity contribution < 1.29 is 9.72 Å². The summed E-state index contributed by atoms with van der Waals surface area (Å²) in [5, 5.41) is 13.1. The molecule has 0 aliphatic heterocycles. The fourth-order valence-corrected chi connectivity index (χ4v) is 1.16. The van der Waals surface area contributed by atoms with E-state index in [0.29, 0.717) is 5.56 Å². The van der Waals surface area contributed by atoms with Gasteiger partial charge in [0.15, 0.2) is 0 Å². The van der Waals surface area contributed by atoms with Crippen LogP contribution in [0.25, 0.3) is 6.08 Å². The number of hydrogen-bond acceptors (Lipinski definition) is 3. The zero-order valence-electron chi connectivity index (χ0n) is 8.92. The van der Waals surface area contributed by atoms with Gasteiger partial charge in [-0.1, -0.05) is 18.1 Å². The molecule has 0 atom stereocenters. The SMILES string of the molecule is C#CCNC(=O)C=Cc1ccccc1[N+](=O)[O-]. The minimum atomic E-state index is -0.501. The predicted octanol–water partition coefficient (Wildman–Crippen LogP) is 1.36. The van der Waals surface area contributed by atoms with Crippen LogP contribution in [-0.4, -0.2) is 17.4 Å². The summed E-state index contributed by atoms with van der Waals surface area (Å²) in [5.41, 5.74) is 0.321. The highest BCUT2D eigenvalue weighted by Crippen LogP contribution is 2.18. The molecule has 1 amide bonds. The van der Waals surface area contributed by atoms with Crippen LogP contribution >= 0.6 is 0 Å². The molecule has 1 rings (SSSR count). The molecule has 5 heteroatoms. The minimum Gasteiger partial charge on any atom is -0.342 e. The molecule has 0 bridgehead atoms. The van der Waals surface area contributed by atoms with Gasteiger partial charge in [0.1, 0.15) is 0 Å².